The van der Waals surface area contributed by atoms with Crippen LogP contribution in [0.25, 0.3) is 0 Å². The van der Waals surface area contributed by atoms with Crippen LogP contribution in [0.15, 0.2) is 12.1 Å². The molecule has 0 N–H and O–H groups in total. The van der Waals surface area contributed by atoms with Gasteiger partial charge in [-0.1, -0.05) is 34.8 Å². The Hall–Kier alpha value is -1.54. The molecule has 0 saturated carbocycles. The summed E-state index contributed by atoms with van der Waals surface area (Å²) in [6.45, 7) is 3.53. The SMILES string of the molecule is Cc1nnc(Oc2cc(Cl)c(Cl)cc2Cl)c(C#N)c1C. The minimum Gasteiger partial charge on any atom is -0.435 e. The van der Waals surface area contributed by atoms with Crippen LogP contribution in [-0.4, -0.2) is 10.2 Å². The van der Waals surface area contributed by atoms with Crippen molar-refractivity contribution in [2.45, 2.75) is 13.8 Å². The topological polar surface area (TPSA) is 58.8 Å². The third-order valence-corrected chi connectivity index (χ3v) is 3.73. The molecule has 0 radical (unpaired) electrons. The summed E-state index contributed by atoms with van der Waals surface area (Å²) >= 11 is 17.8. The molecule has 1 aromatic carbocycles. The summed E-state index contributed by atoms with van der Waals surface area (Å²) in [5.41, 5.74) is 1.67. The van der Waals surface area contributed by atoms with Crippen LogP contribution in [-0.2, 0) is 0 Å². The highest BCUT2D eigenvalue weighted by Gasteiger charge is 2.15. The van der Waals surface area contributed by atoms with E-state index in [0.29, 0.717) is 26.9 Å². The molecule has 20 heavy (non-hydrogen) atoms. The van der Waals surface area contributed by atoms with Gasteiger partial charge in [0, 0.05) is 6.07 Å². The lowest BCUT2D eigenvalue weighted by molar-refractivity contribution is 0.452. The third-order valence-electron chi connectivity index (χ3n) is 2.72. The van der Waals surface area contributed by atoms with Gasteiger partial charge in [0.05, 0.1) is 20.8 Å². The predicted octanol–water partition coefficient (Wildman–Crippen LogP) is 4.72. The number of ether oxygens (including phenoxy) is 1. The molecule has 0 aliphatic rings. The zero-order chi connectivity index (χ0) is 14.9. The van der Waals surface area contributed by atoms with Gasteiger partial charge in [0.2, 0.25) is 0 Å². The lowest BCUT2D eigenvalue weighted by atomic mass is 10.1. The lowest BCUT2D eigenvalue weighted by Crippen LogP contribution is -2.00. The predicted molar refractivity (Wildman–Crippen MR) is 77.8 cm³/mol. The largest absolute Gasteiger partial charge is 0.435 e. The number of nitriles is 1. The second-order valence-corrected chi connectivity index (χ2v) is 5.22. The Morgan fingerprint density at radius 3 is 2.35 bits per heavy atom. The minimum atomic E-state index is 0.0795. The Labute approximate surface area is 130 Å². The average Bonchev–Trinajstić information content (AvgIpc) is 2.40. The quantitative estimate of drug-likeness (QED) is 0.749. The molecule has 102 valence electrons. The molecule has 0 spiro atoms. The van der Waals surface area contributed by atoms with Gasteiger partial charge < -0.3 is 4.74 Å². The minimum absolute atomic E-state index is 0.0795. The Morgan fingerprint density at radius 1 is 1.05 bits per heavy atom. The second kappa shape index (κ2) is 5.84. The Kier molecular flexibility index (Phi) is 4.34. The highest BCUT2D eigenvalue weighted by Crippen LogP contribution is 2.36. The lowest BCUT2D eigenvalue weighted by Gasteiger charge is -2.10. The van der Waals surface area contributed by atoms with Crippen molar-refractivity contribution in [1.82, 2.24) is 10.2 Å². The van der Waals surface area contributed by atoms with Crippen molar-refractivity contribution in [3.05, 3.63) is 44.0 Å². The highest BCUT2D eigenvalue weighted by molar-refractivity contribution is 6.43. The number of halogens is 3. The van der Waals surface area contributed by atoms with Crippen molar-refractivity contribution in [3.63, 3.8) is 0 Å². The van der Waals surface area contributed by atoms with E-state index < -0.39 is 0 Å². The monoisotopic (exact) mass is 327 g/mol. The van der Waals surface area contributed by atoms with Crippen molar-refractivity contribution in [1.29, 1.82) is 5.26 Å². The van der Waals surface area contributed by atoms with E-state index in [4.69, 9.17) is 39.5 Å². The second-order valence-electron chi connectivity index (χ2n) is 4.00. The normalized spacial score (nSPS) is 10.2. The van der Waals surface area contributed by atoms with Crippen LogP contribution < -0.4 is 4.74 Å². The molecule has 0 amide bonds. The van der Waals surface area contributed by atoms with E-state index in [1.54, 1.807) is 13.8 Å². The molecule has 0 aliphatic heterocycles. The molecule has 4 nitrogen and oxygen atoms in total. The smallest absolute Gasteiger partial charge is 0.257 e. The summed E-state index contributed by atoms with van der Waals surface area (Å²) in [6.07, 6.45) is 0. The van der Waals surface area contributed by atoms with Gasteiger partial charge in [0.25, 0.3) is 5.88 Å². The van der Waals surface area contributed by atoms with Crippen molar-refractivity contribution < 1.29 is 4.74 Å². The maximum absolute atomic E-state index is 9.19. The van der Waals surface area contributed by atoms with Crippen molar-refractivity contribution in [2.75, 3.05) is 0 Å². The highest BCUT2D eigenvalue weighted by atomic mass is 35.5. The number of hydrogen-bond donors (Lipinski definition) is 0. The van der Waals surface area contributed by atoms with Gasteiger partial charge in [-0.15, -0.1) is 5.10 Å². The molecule has 0 bridgehead atoms. The number of aromatic nitrogens is 2. The number of aryl methyl sites for hydroxylation is 1. The van der Waals surface area contributed by atoms with Crippen LogP contribution in [0, 0.1) is 25.2 Å². The summed E-state index contributed by atoms with van der Waals surface area (Å²) in [7, 11) is 0. The Morgan fingerprint density at radius 2 is 1.70 bits per heavy atom. The molecular weight excluding hydrogens is 321 g/mol. The van der Waals surface area contributed by atoms with Gasteiger partial charge >= 0.3 is 0 Å². The van der Waals surface area contributed by atoms with Crippen molar-refractivity contribution in [3.8, 4) is 17.7 Å². The van der Waals surface area contributed by atoms with Crippen LogP contribution >= 0.6 is 34.8 Å². The molecule has 0 atom stereocenters. The van der Waals surface area contributed by atoms with E-state index in [-0.39, 0.29) is 16.7 Å². The summed E-state index contributed by atoms with van der Waals surface area (Å²) in [5.74, 6) is 0.339. The first-order valence-corrected chi connectivity index (χ1v) is 6.63. The van der Waals surface area contributed by atoms with E-state index in [2.05, 4.69) is 10.2 Å². The molecule has 2 rings (SSSR count). The average molecular weight is 329 g/mol. The third kappa shape index (κ3) is 2.80. The van der Waals surface area contributed by atoms with Crippen molar-refractivity contribution >= 4 is 34.8 Å². The van der Waals surface area contributed by atoms with Gasteiger partial charge in [-0.25, -0.2) is 0 Å². The molecule has 0 fully saturated rings. The van der Waals surface area contributed by atoms with Gasteiger partial charge in [-0.3, -0.25) is 0 Å². The van der Waals surface area contributed by atoms with Crippen LogP contribution in [0.1, 0.15) is 16.8 Å². The maximum Gasteiger partial charge on any atom is 0.257 e. The van der Waals surface area contributed by atoms with E-state index in [1.807, 2.05) is 6.07 Å². The summed E-state index contributed by atoms with van der Waals surface area (Å²) in [5, 5.41) is 17.9. The van der Waals surface area contributed by atoms with E-state index in [0.717, 1.165) is 0 Å². The standard InChI is InChI=1S/C13H8Cl3N3O/c1-6-7(2)18-19-13(8(6)5-17)20-12-4-10(15)9(14)3-11(12)16/h3-4H,1-2H3. The first kappa shape index (κ1) is 14.9. The first-order chi connectivity index (χ1) is 9.43. The van der Waals surface area contributed by atoms with Crippen molar-refractivity contribution in [2.24, 2.45) is 0 Å². The summed E-state index contributed by atoms with van der Waals surface area (Å²) in [4.78, 5) is 0. The van der Waals surface area contributed by atoms with Crippen LogP contribution in [0.4, 0.5) is 0 Å². The Balaban J connectivity index is 2.49. The molecule has 7 heteroatoms. The fraction of sp³-hybridized carbons (Fsp3) is 0.154. The fourth-order valence-corrected chi connectivity index (χ4v) is 2.05. The zero-order valence-corrected chi connectivity index (χ0v) is 12.8. The van der Waals surface area contributed by atoms with E-state index in [1.165, 1.54) is 12.1 Å². The number of hydrogen-bond acceptors (Lipinski definition) is 4. The molecule has 2 aromatic rings. The molecule has 1 aromatic heterocycles. The molecule has 1 heterocycles. The van der Waals surface area contributed by atoms with E-state index in [9.17, 15) is 5.26 Å². The number of rotatable bonds is 2. The summed E-state index contributed by atoms with van der Waals surface area (Å²) < 4.78 is 5.53. The van der Waals surface area contributed by atoms with E-state index >= 15 is 0 Å². The molecule has 0 aliphatic carbocycles. The fourth-order valence-electron chi connectivity index (χ4n) is 1.48. The van der Waals surface area contributed by atoms with Crippen LogP contribution in [0.2, 0.25) is 15.1 Å². The van der Waals surface area contributed by atoms with Crippen LogP contribution in [0.3, 0.4) is 0 Å². The van der Waals surface area contributed by atoms with Gasteiger partial charge in [0.15, 0.2) is 0 Å². The van der Waals surface area contributed by atoms with Crippen LogP contribution in [0.5, 0.6) is 11.6 Å². The number of benzene rings is 1. The van der Waals surface area contributed by atoms with Gasteiger partial charge in [-0.2, -0.15) is 10.4 Å². The Bertz CT molecular complexity index is 726. The van der Waals surface area contributed by atoms with Gasteiger partial charge in [0.1, 0.15) is 17.4 Å². The number of nitrogens with zero attached hydrogens (tertiary/aromatic N) is 3. The molecular formula is C13H8Cl3N3O. The molecule has 0 saturated heterocycles. The zero-order valence-electron chi connectivity index (χ0n) is 10.5. The molecule has 0 unspecified atom stereocenters. The maximum atomic E-state index is 9.19. The first-order valence-electron chi connectivity index (χ1n) is 5.50. The summed E-state index contributed by atoms with van der Waals surface area (Å²) in [6, 6.07) is 4.96. The van der Waals surface area contributed by atoms with Gasteiger partial charge in [-0.05, 0) is 25.5 Å².